The molecule has 2 N–H and O–H groups in total. The van der Waals surface area contributed by atoms with E-state index in [1.54, 1.807) is 53.6 Å². The van der Waals surface area contributed by atoms with Crippen LogP contribution in [-0.2, 0) is 23.7 Å². The molecule has 9 rings (SSSR count). The van der Waals surface area contributed by atoms with Gasteiger partial charge in [0.15, 0.2) is 0 Å². The van der Waals surface area contributed by atoms with Crippen molar-refractivity contribution in [1.29, 1.82) is 0 Å². The molecule has 7 atom stereocenters. The van der Waals surface area contributed by atoms with Gasteiger partial charge in [-0.05, 0) is 118 Å². The van der Waals surface area contributed by atoms with Crippen LogP contribution in [0, 0.1) is 0 Å². The first-order chi connectivity index (χ1) is 28.5. The van der Waals surface area contributed by atoms with Crippen molar-refractivity contribution >= 4 is 52.6 Å². The van der Waals surface area contributed by atoms with Gasteiger partial charge in [0, 0.05) is 41.1 Å². The number of esters is 1. The number of nitrogens with one attached hydrogen (secondary N) is 2. The number of amides is 3. The van der Waals surface area contributed by atoms with Crippen molar-refractivity contribution < 1.29 is 37.4 Å². The van der Waals surface area contributed by atoms with E-state index in [4.69, 9.17) is 9.26 Å². The van der Waals surface area contributed by atoms with Crippen LogP contribution >= 0.6 is 18.9 Å². The van der Waals surface area contributed by atoms with Crippen LogP contribution in [0.5, 0.6) is 5.75 Å². The molecule has 4 aromatic rings. The van der Waals surface area contributed by atoms with E-state index >= 15 is 4.39 Å². The second kappa shape index (κ2) is 16.1. The third-order valence-electron chi connectivity index (χ3n) is 12.6. The van der Waals surface area contributed by atoms with Crippen LogP contribution in [0.25, 0.3) is 10.1 Å². The summed E-state index contributed by atoms with van der Waals surface area (Å²) in [5, 5.41) is 6.18. The van der Waals surface area contributed by atoms with Crippen LogP contribution in [0.2, 0.25) is 0 Å². The summed E-state index contributed by atoms with van der Waals surface area (Å²) in [5.41, 5.74) is 1.03. The SMILES string of the molecule is C[C@H](NP(=O)(Oc1ccccc1)[C@@H](F)c1ccc2sc(C(=O)NC3CCCC[C@H]4CC[C@@H](C(=O)N5C[C@@H](c6cccnc6)CC56CC6)N4C3=O)cc2c1)C(=O)OC1CC1. The van der Waals surface area contributed by atoms with Gasteiger partial charge in [-0.15, -0.1) is 11.3 Å². The number of rotatable bonds is 12. The monoisotopic (exact) mass is 841 g/mol. The molecule has 5 aliphatic rings. The van der Waals surface area contributed by atoms with Crippen molar-refractivity contribution in [3.8, 4) is 5.75 Å². The number of benzene rings is 2. The van der Waals surface area contributed by atoms with Gasteiger partial charge in [0.05, 0.1) is 4.88 Å². The van der Waals surface area contributed by atoms with Crippen molar-refractivity contribution in [3.63, 3.8) is 0 Å². The number of likely N-dealkylation sites (tertiary alicyclic amines) is 1. The van der Waals surface area contributed by atoms with E-state index in [2.05, 4.69) is 26.4 Å². The predicted molar refractivity (Wildman–Crippen MR) is 221 cm³/mol. The highest BCUT2D eigenvalue weighted by Gasteiger charge is 2.58. The lowest BCUT2D eigenvalue weighted by atomic mass is 9.97. The summed E-state index contributed by atoms with van der Waals surface area (Å²) in [6, 6.07) is 16.0. The number of halogens is 1. The number of nitrogens with zero attached hydrogens (tertiary/aromatic N) is 3. The van der Waals surface area contributed by atoms with Gasteiger partial charge in [-0.3, -0.25) is 28.7 Å². The number of hydrogen-bond donors (Lipinski definition) is 2. The summed E-state index contributed by atoms with van der Waals surface area (Å²) in [6.07, 6.45) is 12.1. The minimum atomic E-state index is -4.43. The molecule has 0 bridgehead atoms. The average Bonchev–Trinajstić information content (AvgIpc) is 4.07. The molecule has 59 heavy (non-hydrogen) atoms. The summed E-state index contributed by atoms with van der Waals surface area (Å²) in [4.78, 5) is 64.0. The van der Waals surface area contributed by atoms with Crippen LogP contribution < -0.4 is 14.9 Å². The maximum absolute atomic E-state index is 16.6. The Morgan fingerprint density at radius 2 is 1.78 bits per heavy atom. The lowest BCUT2D eigenvalue weighted by molar-refractivity contribution is -0.148. The first-order valence-corrected chi connectivity index (χ1v) is 23.4. The third-order valence-corrected chi connectivity index (χ3v) is 15.9. The molecule has 3 amide bonds. The summed E-state index contributed by atoms with van der Waals surface area (Å²) in [5.74, 6) is -3.06. The van der Waals surface area contributed by atoms with Crippen LogP contribution in [0.1, 0.15) is 110 Å². The molecule has 12 nitrogen and oxygen atoms in total. The first-order valence-electron chi connectivity index (χ1n) is 20.8. The maximum Gasteiger partial charge on any atom is 0.355 e. The number of carbonyl (C=O) groups is 4. The molecule has 5 fully saturated rings. The molecule has 0 radical (unpaired) electrons. The molecule has 2 saturated carbocycles. The fourth-order valence-electron chi connectivity index (χ4n) is 9.22. The Labute approximate surface area is 346 Å². The number of ether oxygens (including phenoxy) is 1. The van der Waals surface area contributed by atoms with Crippen molar-refractivity contribution in [1.82, 2.24) is 25.2 Å². The van der Waals surface area contributed by atoms with Crippen LogP contribution in [0.15, 0.2) is 79.1 Å². The molecule has 3 saturated heterocycles. The van der Waals surface area contributed by atoms with Crippen molar-refractivity contribution in [3.05, 3.63) is 95.1 Å². The topological polar surface area (TPSA) is 147 Å². The van der Waals surface area contributed by atoms with E-state index < -0.39 is 43.4 Å². The highest BCUT2D eigenvalue weighted by Crippen LogP contribution is 2.58. The number of aromatic nitrogens is 1. The highest BCUT2D eigenvalue weighted by molar-refractivity contribution is 7.57. The molecule has 5 heterocycles. The minimum Gasteiger partial charge on any atom is -0.461 e. The Morgan fingerprint density at radius 3 is 2.53 bits per heavy atom. The van der Waals surface area contributed by atoms with E-state index in [1.165, 1.54) is 30.4 Å². The quantitative estimate of drug-likeness (QED) is 0.108. The van der Waals surface area contributed by atoms with Crippen LogP contribution in [0.4, 0.5) is 4.39 Å². The number of hydrogen-bond acceptors (Lipinski definition) is 9. The van der Waals surface area contributed by atoms with Crippen molar-refractivity contribution in [2.75, 3.05) is 6.54 Å². The maximum atomic E-state index is 16.6. The molecular weight excluding hydrogens is 793 g/mol. The number of alkyl halides is 1. The second-order valence-electron chi connectivity index (χ2n) is 16.9. The van der Waals surface area contributed by atoms with Crippen molar-refractivity contribution in [2.45, 2.75) is 125 Å². The van der Waals surface area contributed by atoms with Crippen LogP contribution in [-0.4, -0.2) is 80.8 Å². The smallest absolute Gasteiger partial charge is 0.355 e. The number of pyridine rings is 1. The Kier molecular flexibility index (Phi) is 10.8. The molecule has 310 valence electrons. The zero-order valence-corrected chi connectivity index (χ0v) is 34.7. The zero-order valence-electron chi connectivity index (χ0n) is 33.0. The van der Waals surface area contributed by atoms with E-state index in [1.807, 2.05) is 12.3 Å². The standard InChI is InChI=1S/C44H49FN5O7PS/c1-27(43(54)56-33-15-16-33)48-58(55,57-34-10-3-2-4-11-34)39(45)28-13-18-37-30(22-28)23-38(59-37)40(51)47-35-12-6-5-9-32-14-17-36(50(32)41(35)52)42(53)49-26-31(24-44(49)19-20-44)29-8-7-21-46-25-29/h2-4,7-8,10-11,13,18,21-23,25,27,31-33,35-36,39H,5-6,9,12,14-17,19-20,24,26H2,1H3,(H,47,51)(H,48,55)/t27-,31-,32-,35?,36-,39+,58?/m0/s1. The van der Waals surface area contributed by atoms with Gasteiger partial charge in [0.25, 0.3) is 5.91 Å². The molecule has 2 aromatic heterocycles. The predicted octanol–water partition coefficient (Wildman–Crippen LogP) is 7.80. The van der Waals surface area contributed by atoms with E-state index in [0.717, 1.165) is 63.4 Å². The number of thiophene rings is 1. The van der Waals surface area contributed by atoms with Crippen molar-refractivity contribution in [2.24, 2.45) is 0 Å². The van der Waals surface area contributed by atoms with Gasteiger partial charge < -0.3 is 24.4 Å². The minimum absolute atomic E-state index is 0.0171. The zero-order chi connectivity index (χ0) is 40.9. The lowest BCUT2D eigenvalue weighted by Gasteiger charge is -2.37. The van der Waals surface area contributed by atoms with E-state index in [-0.39, 0.29) is 46.7 Å². The number of fused-ring (bicyclic) bond motifs is 2. The Hall–Kier alpha value is -4.65. The molecule has 15 heteroatoms. The van der Waals surface area contributed by atoms with Gasteiger partial charge in [0.1, 0.15) is 30.0 Å². The first kappa shape index (κ1) is 39.8. The Bertz CT molecular complexity index is 2290. The number of carbonyl (C=O) groups excluding carboxylic acids is 4. The average molecular weight is 842 g/mol. The lowest BCUT2D eigenvalue weighted by Crippen LogP contribution is -2.57. The fraction of sp³-hybridized carbons (Fsp3) is 0.477. The van der Waals surface area contributed by atoms with Gasteiger partial charge in [-0.25, -0.2) is 9.48 Å². The van der Waals surface area contributed by atoms with Gasteiger partial charge in [-0.2, -0.15) is 0 Å². The van der Waals surface area contributed by atoms with E-state index in [0.29, 0.717) is 34.3 Å². The number of para-hydroxylation sites is 1. The van der Waals surface area contributed by atoms with Gasteiger partial charge in [-0.1, -0.05) is 43.2 Å². The second-order valence-corrected chi connectivity index (χ2v) is 20.1. The molecule has 1 spiro atoms. The molecule has 2 unspecified atom stereocenters. The van der Waals surface area contributed by atoms with Gasteiger partial charge >= 0.3 is 13.5 Å². The van der Waals surface area contributed by atoms with Crippen LogP contribution in [0.3, 0.4) is 0 Å². The summed E-state index contributed by atoms with van der Waals surface area (Å²) in [7, 11) is -4.43. The highest BCUT2D eigenvalue weighted by atomic mass is 32.1. The molecule has 2 aliphatic carbocycles. The Balaban J connectivity index is 0.907. The van der Waals surface area contributed by atoms with E-state index in [9.17, 15) is 23.7 Å². The molecular formula is C44H49FN5O7PS. The van der Waals surface area contributed by atoms with Gasteiger partial charge in [0.2, 0.25) is 17.7 Å². The molecule has 3 aliphatic heterocycles. The molecule has 2 aromatic carbocycles. The summed E-state index contributed by atoms with van der Waals surface area (Å²) in [6.45, 7) is 2.08. The largest absolute Gasteiger partial charge is 0.461 e. The third kappa shape index (κ3) is 8.15. The summed E-state index contributed by atoms with van der Waals surface area (Å²) >= 11 is 1.21. The Morgan fingerprint density at radius 1 is 0.983 bits per heavy atom. The fourth-order valence-corrected chi connectivity index (χ4v) is 12.1. The summed E-state index contributed by atoms with van der Waals surface area (Å²) < 4.78 is 42.8. The normalized spacial score (nSPS) is 25.7.